The molecule has 1 amide bonds. The standard InChI is InChI=1S/C10H20N2O4/c1-12(6-4-10(14)15)8-9(13)11-5-3-7-16-2/h3-8H2,1-2H3,(H,11,13)(H,14,15). The summed E-state index contributed by atoms with van der Waals surface area (Å²) in [6.45, 7) is 1.80. The topological polar surface area (TPSA) is 78.9 Å². The van der Waals surface area contributed by atoms with Gasteiger partial charge in [-0.25, -0.2) is 0 Å². The number of aliphatic carboxylic acids is 1. The van der Waals surface area contributed by atoms with Crippen molar-refractivity contribution in [2.75, 3.05) is 40.4 Å². The summed E-state index contributed by atoms with van der Waals surface area (Å²) in [5.74, 6) is -0.948. The number of ether oxygens (including phenoxy) is 1. The second-order valence-electron chi connectivity index (χ2n) is 3.58. The van der Waals surface area contributed by atoms with Crippen LogP contribution in [0.25, 0.3) is 0 Å². The maximum Gasteiger partial charge on any atom is 0.304 e. The number of hydrogen-bond acceptors (Lipinski definition) is 4. The summed E-state index contributed by atoms with van der Waals surface area (Å²) in [6.07, 6.45) is 0.828. The lowest BCUT2D eigenvalue weighted by molar-refractivity contribution is -0.137. The lowest BCUT2D eigenvalue weighted by atomic mass is 10.4. The number of carboxylic acids is 1. The van der Waals surface area contributed by atoms with Crippen molar-refractivity contribution in [2.24, 2.45) is 0 Å². The van der Waals surface area contributed by atoms with Gasteiger partial charge in [0.1, 0.15) is 0 Å². The van der Waals surface area contributed by atoms with Crippen molar-refractivity contribution in [3.8, 4) is 0 Å². The van der Waals surface area contributed by atoms with Gasteiger partial charge in [0, 0.05) is 26.8 Å². The molecule has 0 aromatic carbocycles. The fourth-order valence-electron chi connectivity index (χ4n) is 1.11. The molecule has 0 bridgehead atoms. The number of nitrogens with zero attached hydrogens (tertiary/aromatic N) is 1. The first-order valence-corrected chi connectivity index (χ1v) is 5.22. The normalized spacial score (nSPS) is 10.4. The first-order chi connectivity index (χ1) is 7.56. The number of nitrogens with one attached hydrogen (secondary N) is 1. The molecular weight excluding hydrogens is 212 g/mol. The van der Waals surface area contributed by atoms with E-state index in [-0.39, 0.29) is 18.9 Å². The van der Waals surface area contributed by atoms with Gasteiger partial charge in [-0.2, -0.15) is 0 Å². The Bertz CT molecular complexity index is 221. The monoisotopic (exact) mass is 232 g/mol. The van der Waals surface area contributed by atoms with Gasteiger partial charge in [-0.1, -0.05) is 0 Å². The Hall–Kier alpha value is -1.14. The molecule has 0 saturated heterocycles. The fourth-order valence-corrected chi connectivity index (χ4v) is 1.11. The molecule has 0 aromatic rings. The SMILES string of the molecule is COCCCNC(=O)CN(C)CCC(=O)O. The van der Waals surface area contributed by atoms with Crippen LogP contribution in [-0.2, 0) is 14.3 Å². The molecule has 0 spiro atoms. The van der Waals surface area contributed by atoms with Crippen molar-refractivity contribution in [3.05, 3.63) is 0 Å². The first-order valence-electron chi connectivity index (χ1n) is 5.22. The van der Waals surface area contributed by atoms with Crippen LogP contribution in [0.1, 0.15) is 12.8 Å². The minimum atomic E-state index is -0.854. The van der Waals surface area contributed by atoms with Crippen molar-refractivity contribution in [1.29, 1.82) is 0 Å². The molecule has 0 saturated carbocycles. The van der Waals surface area contributed by atoms with E-state index in [0.717, 1.165) is 6.42 Å². The van der Waals surface area contributed by atoms with Crippen LogP contribution in [-0.4, -0.2) is 62.3 Å². The molecule has 0 aromatic heterocycles. The lowest BCUT2D eigenvalue weighted by Gasteiger charge is -2.14. The van der Waals surface area contributed by atoms with E-state index in [1.54, 1.807) is 19.1 Å². The Morgan fingerprint density at radius 1 is 1.44 bits per heavy atom. The van der Waals surface area contributed by atoms with Gasteiger partial charge in [-0.05, 0) is 13.5 Å². The summed E-state index contributed by atoms with van der Waals surface area (Å²) in [7, 11) is 3.33. The van der Waals surface area contributed by atoms with E-state index in [9.17, 15) is 9.59 Å². The maximum absolute atomic E-state index is 11.3. The van der Waals surface area contributed by atoms with E-state index in [1.165, 1.54) is 0 Å². The summed E-state index contributed by atoms with van der Waals surface area (Å²) >= 11 is 0. The Morgan fingerprint density at radius 2 is 2.12 bits per heavy atom. The summed E-state index contributed by atoms with van der Waals surface area (Å²) in [5, 5.41) is 11.2. The highest BCUT2D eigenvalue weighted by Gasteiger charge is 2.07. The number of amides is 1. The van der Waals surface area contributed by atoms with Gasteiger partial charge in [-0.15, -0.1) is 0 Å². The van der Waals surface area contributed by atoms with Crippen LogP contribution in [0.4, 0.5) is 0 Å². The fraction of sp³-hybridized carbons (Fsp3) is 0.800. The zero-order chi connectivity index (χ0) is 12.4. The zero-order valence-electron chi connectivity index (χ0n) is 9.86. The zero-order valence-corrected chi connectivity index (χ0v) is 9.86. The Labute approximate surface area is 95.6 Å². The van der Waals surface area contributed by atoms with Crippen LogP contribution < -0.4 is 5.32 Å². The highest BCUT2D eigenvalue weighted by molar-refractivity contribution is 5.78. The average Bonchev–Trinajstić information content (AvgIpc) is 2.21. The highest BCUT2D eigenvalue weighted by Crippen LogP contribution is 1.87. The van der Waals surface area contributed by atoms with Gasteiger partial charge in [0.15, 0.2) is 0 Å². The molecule has 0 aliphatic heterocycles. The molecule has 0 aliphatic carbocycles. The van der Waals surface area contributed by atoms with Crippen molar-refractivity contribution in [2.45, 2.75) is 12.8 Å². The number of rotatable bonds is 9. The summed E-state index contributed by atoms with van der Waals surface area (Å²) < 4.78 is 4.84. The minimum Gasteiger partial charge on any atom is -0.481 e. The third-order valence-electron chi connectivity index (χ3n) is 1.97. The van der Waals surface area contributed by atoms with E-state index in [2.05, 4.69) is 5.32 Å². The predicted octanol–water partition coefficient (Wildman–Crippen LogP) is -0.454. The van der Waals surface area contributed by atoms with Crippen LogP contribution in [0.5, 0.6) is 0 Å². The first kappa shape index (κ1) is 14.9. The highest BCUT2D eigenvalue weighted by atomic mass is 16.5. The minimum absolute atomic E-state index is 0.0491. The Kier molecular flexibility index (Phi) is 8.46. The van der Waals surface area contributed by atoms with Crippen molar-refractivity contribution < 1.29 is 19.4 Å². The Balaban J connectivity index is 3.50. The van der Waals surface area contributed by atoms with Gasteiger partial charge in [0.25, 0.3) is 0 Å². The van der Waals surface area contributed by atoms with Crippen LogP contribution in [0.2, 0.25) is 0 Å². The molecule has 0 atom stereocenters. The molecule has 94 valence electrons. The third kappa shape index (κ3) is 9.42. The number of carboxylic acid groups (broad SMARTS) is 1. The maximum atomic E-state index is 11.3. The molecular formula is C10H20N2O4. The van der Waals surface area contributed by atoms with Gasteiger partial charge in [0.05, 0.1) is 13.0 Å². The Morgan fingerprint density at radius 3 is 2.69 bits per heavy atom. The van der Waals surface area contributed by atoms with E-state index in [1.807, 2.05) is 0 Å². The van der Waals surface area contributed by atoms with E-state index in [0.29, 0.717) is 19.7 Å². The molecule has 0 fully saturated rings. The second kappa shape index (κ2) is 9.11. The largest absolute Gasteiger partial charge is 0.481 e. The number of hydrogen-bond donors (Lipinski definition) is 2. The van der Waals surface area contributed by atoms with E-state index < -0.39 is 5.97 Å². The molecule has 6 nitrogen and oxygen atoms in total. The summed E-state index contributed by atoms with van der Waals surface area (Å²) in [4.78, 5) is 23.3. The van der Waals surface area contributed by atoms with E-state index >= 15 is 0 Å². The van der Waals surface area contributed by atoms with Gasteiger partial charge in [0.2, 0.25) is 5.91 Å². The number of methoxy groups -OCH3 is 1. The second-order valence-corrected chi connectivity index (χ2v) is 3.58. The van der Waals surface area contributed by atoms with Gasteiger partial charge >= 0.3 is 5.97 Å². The quantitative estimate of drug-likeness (QED) is 0.526. The molecule has 0 unspecified atom stereocenters. The van der Waals surface area contributed by atoms with Crippen LogP contribution >= 0.6 is 0 Å². The molecule has 0 radical (unpaired) electrons. The molecule has 0 rings (SSSR count). The van der Waals surface area contributed by atoms with Crippen LogP contribution in [0.15, 0.2) is 0 Å². The van der Waals surface area contributed by atoms with Gasteiger partial charge < -0.3 is 15.2 Å². The van der Waals surface area contributed by atoms with E-state index in [4.69, 9.17) is 9.84 Å². The molecule has 16 heavy (non-hydrogen) atoms. The van der Waals surface area contributed by atoms with Gasteiger partial charge in [-0.3, -0.25) is 14.5 Å². The van der Waals surface area contributed by atoms with Crippen molar-refractivity contribution >= 4 is 11.9 Å². The molecule has 0 aliphatic rings. The smallest absolute Gasteiger partial charge is 0.304 e. The van der Waals surface area contributed by atoms with Crippen molar-refractivity contribution in [3.63, 3.8) is 0 Å². The summed E-state index contributed by atoms with van der Waals surface area (Å²) in [6, 6.07) is 0. The molecule has 2 N–H and O–H groups in total. The molecule has 6 heteroatoms. The number of likely N-dealkylation sites (N-methyl/N-ethyl adjacent to an activating group) is 1. The van der Waals surface area contributed by atoms with Crippen molar-refractivity contribution in [1.82, 2.24) is 10.2 Å². The molecule has 0 heterocycles. The lowest BCUT2D eigenvalue weighted by Crippen LogP contribution is -2.36. The third-order valence-corrected chi connectivity index (χ3v) is 1.97. The predicted molar refractivity (Wildman–Crippen MR) is 59.3 cm³/mol. The number of carbonyl (C=O) groups is 2. The van der Waals surface area contributed by atoms with Crippen LogP contribution in [0, 0.1) is 0 Å². The van der Waals surface area contributed by atoms with Crippen LogP contribution in [0.3, 0.4) is 0 Å². The average molecular weight is 232 g/mol. The summed E-state index contributed by atoms with van der Waals surface area (Å²) in [5.41, 5.74) is 0. The number of carbonyl (C=O) groups excluding carboxylic acids is 1.